The van der Waals surface area contributed by atoms with Crippen molar-refractivity contribution in [2.75, 3.05) is 20.1 Å². The molecular formula is C33H44F3N3S. The van der Waals surface area contributed by atoms with Gasteiger partial charge in [-0.05, 0) is 80.6 Å². The molecule has 1 fully saturated rings. The summed E-state index contributed by atoms with van der Waals surface area (Å²) in [7, 11) is 2.27. The third-order valence-corrected chi connectivity index (χ3v) is 8.13. The molecule has 2 aliphatic heterocycles. The van der Waals surface area contributed by atoms with E-state index < -0.39 is 11.7 Å². The lowest BCUT2D eigenvalue weighted by Gasteiger charge is -2.41. The summed E-state index contributed by atoms with van der Waals surface area (Å²) < 4.78 is 35.9. The average Bonchev–Trinajstić information content (AvgIpc) is 3.45. The second-order valence-corrected chi connectivity index (χ2v) is 10.7. The molecule has 0 spiro atoms. The van der Waals surface area contributed by atoms with Crippen LogP contribution in [0, 0.1) is 6.92 Å². The second-order valence-electron chi connectivity index (χ2n) is 9.69. The summed E-state index contributed by atoms with van der Waals surface area (Å²) in [6, 6.07) is 12.8. The highest BCUT2D eigenvalue weighted by Gasteiger charge is 2.32. The number of hydrogen-bond donors (Lipinski definition) is 0. The minimum atomic E-state index is -4.22. The molecule has 7 heteroatoms. The van der Waals surface area contributed by atoms with Crippen LogP contribution in [-0.2, 0) is 12.6 Å². The molecule has 0 N–H and O–H groups in total. The van der Waals surface area contributed by atoms with Crippen LogP contribution >= 0.6 is 11.3 Å². The number of fused-ring (bicyclic) bond motifs is 1. The second kappa shape index (κ2) is 16.4. The molecule has 2 atom stereocenters. The SMILES string of the molecule is C=C.C=C(CC1CCCCN1C)N1CCc2sccc2C1c1ccncc1.CC.Cc1cccc(C(F)(F)F)c1. The fraction of sp³-hybridized carbons (Fsp3) is 0.424. The Hall–Kier alpha value is -2.90. The van der Waals surface area contributed by atoms with Crippen LogP contribution in [0.15, 0.2) is 85.7 Å². The van der Waals surface area contributed by atoms with E-state index in [1.807, 2.05) is 37.6 Å². The van der Waals surface area contributed by atoms with Gasteiger partial charge in [0.1, 0.15) is 0 Å². The Balaban J connectivity index is 0.000000314. The molecule has 5 rings (SSSR count). The first-order valence-electron chi connectivity index (χ1n) is 14.0. The maximum atomic E-state index is 12.0. The standard InChI is InChI=1S/C21H27N3S.C8H7F3.C2H6.C2H4/c1-16(15-18-5-3-4-12-23(18)2)24-13-8-20-19(9-14-25-20)21(24)17-6-10-22-11-7-17;1-6-3-2-4-7(5-6)8(9,10)11;2*1-2/h6-7,9-11,14,18,21H,1,3-5,8,12-13,15H2,2H3;2-5H,1H3;1-2H3;1-2H2. The molecule has 0 bridgehead atoms. The van der Waals surface area contributed by atoms with Gasteiger partial charge in [0.2, 0.25) is 0 Å². The molecule has 2 aliphatic rings. The van der Waals surface area contributed by atoms with Crippen molar-refractivity contribution in [2.24, 2.45) is 0 Å². The first-order valence-corrected chi connectivity index (χ1v) is 14.9. The molecule has 0 aliphatic carbocycles. The van der Waals surface area contributed by atoms with Crippen LogP contribution in [0.3, 0.4) is 0 Å². The summed E-state index contributed by atoms with van der Waals surface area (Å²) in [4.78, 5) is 10.8. The zero-order chi connectivity index (χ0) is 29.7. The molecular weight excluding hydrogens is 527 g/mol. The van der Waals surface area contributed by atoms with E-state index in [2.05, 4.69) is 65.1 Å². The lowest BCUT2D eigenvalue weighted by atomic mass is 9.91. The van der Waals surface area contributed by atoms with Gasteiger partial charge in [-0.25, -0.2) is 0 Å². The Kier molecular flexibility index (Phi) is 13.6. The number of aromatic nitrogens is 1. The van der Waals surface area contributed by atoms with E-state index in [4.69, 9.17) is 0 Å². The Labute approximate surface area is 243 Å². The zero-order valence-corrected chi connectivity index (χ0v) is 25.2. The van der Waals surface area contributed by atoms with Gasteiger partial charge in [-0.15, -0.1) is 24.5 Å². The predicted octanol–water partition coefficient (Wildman–Crippen LogP) is 9.32. The lowest BCUT2D eigenvalue weighted by molar-refractivity contribution is -0.137. The zero-order valence-electron chi connectivity index (χ0n) is 24.4. The summed E-state index contributed by atoms with van der Waals surface area (Å²) in [6.07, 6.45) is 5.80. The predicted molar refractivity (Wildman–Crippen MR) is 164 cm³/mol. The fourth-order valence-corrected chi connectivity index (χ4v) is 6.08. The molecule has 2 unspecified atom stereocenters. The molecule has 0 saturated carbocycles. The Morgan fingerprint density at radius 1 is 1.05 bits per heavy atom. The topological polar surface area (TPSA) is 19.4 Å². The minimum Gasteiger partial charge on any atom is -0.364 e. The summed E-state index contributed by atoms with van der Waals surface area (Å²) >= 11 is 1.89. The molecule has 1 aromatic carbocycles. The number of hydrogen-bond acceptors (Lipinski definition) is 4. The monoisotopic (exact) mass is 571 g/mol. The molecule has 2 aromatic heterocycles. The maximum absolute atomic E-state index is 12.0. The number of likely N-dealkylation sites (tertiary alicyclic amines) is 1. The number of thiophene rings is 1. The number of nitrogens with zero attached hydrogens (tertiary/aromatic N) is 3. The van der Waals surface area contributed by atoms with Crippen molar-refractivity contribution < 1.29 is 13.2 Å². The van der Waals surface area contributed by atoms with Gasteiger partial charge in [-0.2, -0.15) is 13.2 Å². The molecule has 4 heterocycles. The van der Waals surface area contributed by atoms with Gasteiger partial charge in [0.25, 0.3) is 0 Å². The highest BCUT2D eigenvalue weighted by Crippen LogP contribution is 2.40. The Morgan fingerprint density at radius 2 is 1.75 bits per heavy atom. The smallest absolute Gasteiger partial charge is 0.364 e. The number of benzene rings is 1. The van der Waals surface area contributed by atoms with E-state index in [1.54, 1.807) is 13.0 Å². The molecule has 0 amide bonds. The highest BCUT2D eigenvalue weighted by atomic mass is 32.1. The van der Waals surface area contributed by atoms with E-state index in [0.29, 0.717) is 17.6 Å². The van der Waals surface area contributed by atoms with E-state index >= 15 is 0 Å². The molecule has 3 aromatic rings. The van der Waals surface area contributed by atoms with Crippen molar-refractivity contribution in [1.82, 2.24) is 14.8 Å². The average molecular weight is 572 g/mol. The van der Waals surface area contributed by atoms with Crippen molar-refractivity contribution in [3.05, 3.63) is 113 Å². The van der Waals surface area contributed by atoms with E-state index in [-0.39, 0.29) is 0 Å². The van der Waals surface area contributed by atoms with E-state index in [1.165, 1.54) is 53.6 Å². The summed E-state index contributed by atoms with van der Waals surface area (Å²) in [5, 5.41) is 2.24. The third kappa shape index (κ3) is 9.07. The van der Waals surface area contributed by atoms with Gasteiger partial charge in [-0.1, -0.05) is 50.6 Å². The quantitative estimate of drug-likeness (QED) is 0.291. The van der Waals surface area contributed by atoms with Gasteiger partial charge in [0.15, 0.2) is 0 Å². The largest absolute Gasteiger partial charge is 0.416 e. The third-order valence-electron chi connectivity index (χ3n) is 7.13. The van der Waals surface area contributed by atoms with E-state index in [0.717, 1.165) is 31.5 Å². The van der Waals surface area contributed by atoms with Gasteiger partial charge >= 0.3 is 6.18 Å². The molecule has 1 saturated heterocycles. The lowest BCUT2D eigenvalue weighted by Crippen LogP contribution is -2.40. The van der Waals surface area contributed by atoms with Crippen molar-refractivity contribution in [3.63, 3.8) is 0 Å². The summed E-state index contributed by atoms with van der Waals surface area (Å²) in [5.74, 6) is 0. The van der Waals surface area contributed by atoms with Gasteiger partial charge in [0.05, 0.1) is 11.6 Å². The first kappa shape index (κ1) is 33.3. The van der Waals surface area contributed by atoms with Crippen LogP contribution in [0.5, 0.6) is 0 Å². The molecule has 0 radical (unpaired) electrons. The molecule has 3 nitrogen and oxygen atoms in total. The van der Waals surface area contributed by atoms with Crippen LogP contribution in [0.25, 0.3) is 0 Å². The number of pyridine rings is 1. The van der Waals surface area contributed by atoms with Gasteiger partial charge in [0, 0.05) is 42.0 Å². The molecule has 218 valence electrons. The maximum Gasteiger partial charge on any atom is 0.416 e. The van der Waals surface area contributed by atoms with Crippen molar-refractivity contribution >= 4 is 11.3 Å². The van der Waals surface area contributed by atoms with Crippen molar-refractivity contribution in [1.29, 1.82) is 0 Å². The summed E-state index contributed by atoms with van der Waals surface area (Å²) in [6.45, 7) is 18.4. The summed E-state index contributed by atoms with van der Waals surface area (Å²) in [5.41, 5.74) is 4.11. The van der Waals surface area contributed by atoms with Crippen molar-refractivity contribution in [2.45, 2.75) is 71.1 Å². The van der Waals surface area contributed by atoms with Crippen LogP contribution in [-0.4, -0.2) is 41.0 Å². The Bertz CT molecular complexity index is 1160. The molecule has 40 heavy (non-hydrogen) atoms. The van der Waals surface area contributed by atoms with Crippen LogP contribution in [0.1, 0.15) is 72.7 Å². The van der Waals surface area contributed by atoms with Gasteiger partial charge < -0.3 is 9.80 Å². The van der Waals surface area contributed by atoms with E-state index in [9.17, 15) is 13.2 Å². The minimum absolute atomic E-state index is 0.291. The number of piperidine rings is 1. The number of halogens is 3. The van der Waals surface area contributed by atoms with Crippen molar-refractivity contribution in [3.8, 4) is 0 Å². The first-order chi connectivity index (χ1) is 19.2. The Morgan fingerprint density at radius 3 is 2.35 bits per heavy atom. The van der Waals surface area contributed by atoms with Gasteiger partial charge in [-0.3, -0.25) is 4.98 Å². The van der Waals surface area contributed by atoms with Crippen LogP contribution in [0.2, 0.25) is 0 Å². The highest BCUT2D eigenvalue weighted by molar-refractivity contribution is 7.10. The van der Waals surface area contributed by atoms with Crippen LogP contribution < -0.4 is 0 Å². The fourth-order valence-electron chi connectivity index (χ4n) is 5.17. The van der Waals surface area contributed by atoms with Crippen LogP contribution in [0.4, 0.5) is 13.2 Å². The number of aryl methyl sites for hydroxylation is 1. The number of alkyl halides is 3. The normalized spacial score (nSPS) is 18.5. The number of rotatable bonds is 4.